The molecule has 2 aromatic rings. The molecule has 0 saturated heterocycles. The molecule has 0 saturated carbocycles. The Morgan fingerprint density at radius 2 is 2.25 bits per heavy atom. The number of aliphatic hydroxyl groups excluding tert-OH is 1. The molecule has 0 aromatic carbocycles. The fraction of sp³-hybridized carbons (Fsp3) is 0.500. The van der Waals surface area contributed by atoms with Gasteiger partial charge in [-0.05, 0) is 0 Å². The van der Waals surface area contributed by atoms with Crippen LogP contribution in [0.1, 0.15) is 17.5 Å². The first-order valence-electron chi connectivity index (χ1n) is 5.77. The summed E-state index contributed by atoms with van der Waals surface area (Å²) in [6.45, 7) is 1.86. The normalized spacial score (nSPS) is 10.9. The van der Waals surface area contributed by atoms with Gasteiger partial charge in [-0.3, -0.25) is 4.79 Å². The Hall–Kier alpha value is -1.94. The molecule has 0 radical (unpaired) electrons. The Morgan fingerprint density at radius 1 is 1.45 bits per heavy atom. The molecule has 2 N–H and O–H groups in total. The van der Waals surface area contributed by atoms with Crippen LogP contribution in [0, 0.1) is 6.92 Å². The zero-order chi connectivity index (χ0) is 14.5. The number of aryl methyl sites for hydroxylation is 2. The van der Waals surface area contributed by atoms with E-state index in [1.807, 2.05) is 0 Å². The van der Waals surface area contributed by atoms with Crippen molar-refractivity contribution in [3.05, 3.63) is 17.5 Å². The third-order valence-electron chi connectivity index (χ3n) is 2.39. The quantitative estimate of drug-likeness (QED) is 0.672. The molecule has 9 nitrogen and oxygen atoms in total. The fourth-order valence-electron chi connectivity index (χ4n) is 1.55. The summed E-state index contributed by atoms with van der Waals surface area (Å²) in [6.07, 6.45) is 0.475. The molecule has 2 aromatic heterocycles. The molecule has 0 aliphatic carbocycles. The van der Waals surface area contributed by atoms with E-state index in [1.165, 1.54) is 0 Å². The molecular weight excluding hydrogens is 286 g/mol. The molecule has 108 valence electrons. The second-order valence-corrected chi connectivity index (χ2v) is 4.81. The first-order valence-corrected chi connectivity index (χ1v) is 6.75. The highest BCUT2D eigenvalue weighted by Crippen LogP contribution is 2.17. The van der Waals surface area contributed by atoms with Crippen LogP contribution in [0.15, 0.2) is 9.68 Å². The van der Waals surface area contributed by atoms with Crippen molar-refractivity contribution >= 4 is 17.7 Å². The second-order valence-electron chi connectivity index (χ2n) is 3.87. The lowest BCUT2D eigenvalue weighted by molar-refractivity contribution is -0.133. The van der Waals surface area contributed by atoms with Crippen molar-refractivity contribution in [1.82, 2.24) is 24.9 Å². The van der Waals surface area contributed by atoms with E-state index in [9.17, 15) is 9.90 Å². The highest BCUT2D eigenvalue weighted by molar-refractivity contribution is 7.99. The van der Waals surface area contributed by atoms with Crippen molar-refractivity contribution in [3.63, 3.8) is 0 Å². The van der Waals surface area contributed by atoms with Gasteiger partial charge in [0, 0.05) is 19.9 Å². The zero-order valence-electron chi connectivity index (χ0n) is 10.7. The lowest BCUT2D eigenvalue weighted by Crippen LogP contribution is -2.09. The van der Waals surface area contributed by atoms with Crippen molar-refractivity contribution in [2.45, 2.75) is 31.7 Å². The van der Waals surface area contributed by atoms with Crippen LogP contribution in [0.3, 0.4) is 0 Å². The van der Waals surface area contributed by atoms with E-state index in [4.69, 9.17) is 9.63 Å². The molecule has 0 unspecified atom stereocenters. The van der Waals surface area contributed by atoms with Gasteiger partial charge in [0.1, 0.15) is 6.61 Å². The summed E-state index contributed by atoms with van der Waals surface area (Å²) in [7, 11) is 0. The van der Waals surface area contributed by atoms with Crippen LogP contribution >= 0.6 is 11.8 Å². The van der Waals surface area contributed by atoms with Crippen molar-refractivity contribution in [2.24, 2.45) is 0 Å². The van der Waals surface area contributed by atoms with E-state index in [1.54, 1.807) is 11.5 Å². The SMILES string of the molecule is Cc1nc(CCn2c(CO)nnc2SCC(=O)O)no1. The number of nitrogens with zero attached hydrogens (tertiary/aromatic N) is 5. The lowest BCUT2D eigenvalue weighted by atomic mass is 10.4. The Balaban J connectivity index is 2.07. The summed E-state index contributed by atoms with van der Waals surface area (Å²) in [5.74, 6) is 0.327. The monoisotopic (exact) mass is 299 g/mol. The van der Waals surface area contributed by atoms with Gasteiger partial charge < -0.3 is 19.3 Å². The van der Waals surface area contributed by atoms with Crippen molar-refractivity contribution in [2.75, 3.05) is 5.75 Å². The van der Waals surface area contributed by atoms with Crippen molar-refractivity contribution < 1.29 is 19.5 Å². The minimum absolute atomic E-state index is 0.120. The van der Waals surface area contributed by atoms with E-state index in [0.29, 0.717) is 35.7 Å². The maximum Gasteiger partial charge on any atom is 0.313 e. The maximum absolute atomic E-state index is 10.6. The van der Waals surface area contributed by atoms with E-state index in [2.05, 4.69) is 20.3 Å². The predicted octanol–water partition coefficient (Wildman–Crippen LogP) is -0.119. The number of rotatable bonds is 7. The van der Waals surface area contributed by atoms with Gasteiger partial charge in [-0.25, -0.2) is 0 Å². The van der Waals surface area contributed by atoms with Crippen LogP contribution in [0.5, 0.6) is 0 Å². The number of aromatic nitrogens is 5. The van der Waals surface area contributed by atoms with Gasteiger partial charge in [-0.1, -0.05) is 16.9 Å². The molecule has 20 heavy (non-hydrogen) atoms. The van der Waals surface area contributed by atoms with Crippen molar-refractivity contribution in [3.8, 4) is 0 Å². The Kier molecular flexibility index (Phi) is 4.69. The molecule has 0 spiro atoms. The van der Waals surface area contributed by atoms with Gasteiger partial charge in [-0.2, -0.15) is 4.98 Å². The molecule has 0 bridgehead atoms. The minimum atomic E-state index is -0.941. The first-order chi connectivity index (χ1) is 9.60. The smallest absolute Gasteiger partial charge is 0.313 e. The number of hydrogen-bond donors (Lipinski definition) is 2. The van der Waals surface area contributed by atoms with E-state index in [0.717, 1.165) is 11.8 Å². The Morgan fingerprint density at radius 3 is 2.85 bits per heavy atom. The number of aliphatic hydroxyl groups is 1. The van der Waals surface area contributed by atoms with E-state index >= 15 is 0 Å². The van der Waals surface area contributed by atoms with Gasteiger partial charge >= 0.3 is 5.97 Å². The standard InChI is InChI=1S/C10H13N5O4S/c1-6-11-7(14-19-6)2-3-15-8(4-16)12-13-10(15)20-5-9(17)18/h16H,2-5H2,1H3,(H,17,18). The number of hydrogen-bond acceptors (Lipinski definition) is 8. The second kappa shape index (κ2) is 6.48. The van der Waals surface area contributed by atoms with Crippen LogP contribution in [0.25, 0.3) is 0 Å². The first kappa shape index (κ1) is 14.5. The highest BCUT2D eigenvalue weighted by atomic mass is 32.2. The Labute approximate surface area is 118 Å². The minimum Gasteiger partial charge on any atom is -0.481 e. The zero-order valence-corrected chi connectivity index (χ0v) is 11.5. The average molecular weight is 299 g/mol. The average Bonchev–Trinajstić information content (AvgIpc) is 2.99. The molecule has 2 heterocycles. The van der Waals surface area contributed by atoms with Gasteiger partial charge in [0.25, 0.3) is 0 Å². The third-order valence-corrected chi connectivity index (χ3v) is 3.34. The fourth-order valence-corrected chi connectivity index (χ4v) is 2.25. The molecule has 10 heteroatoms. The summed E-state index contributed by atoms with van der Waals surface area (Å²) in [4.78, 5) is 14.7. The summed E-state index contributed by atoms with van der Waals surface area (Å²) in [6, 6.07) is 0. The number of carboxylic acid groups (broad SMARTS) is 1. The number of aliphatic carboxylic acids is 1. The summed E-state index contributed by atoms with van der Waals surface area (Å²) >= 11 is 1.05. The van der Waals surface area contributed by atoms with Crippen molar-refractivity contribution in [1.29, 1.82) is 0 Å². The summed E-state index contributed by atoms with van der Waals surface area (Å²) < 4.78 is 6.52. The van der Waals surface area contributed by atoms with Crippen LogP contribution in [0.4, 0.5) is 0 Å². The van der Waals surface area contributed by atoms with Crippen LogP contribution in [-0.4, -0.2) is 46.8 Å². The van der Waals surface area contributed by atoms with Crippen LogP contribution in [-0.2, 0) is 24.4 Å². The summed E-state index contributed by atoms with van der Waals surface area (Å²) in [5.41, 5.74) is 0. The van der Waals surface area contributed by atoms with Gasteiger partial charge in [0.2, 0.25) is 5.89 Å². The molecule has 0 aliphatic rings. The number of carboxylic acids is 1. The highest BCUT2D eigenvalue weighted by Gasteiger charge is 2.14. The predicted molar refractivity (Wildman–Crippen MR) is 67.0 cm³/mol. The molecular formula is C10H13N5O4S. The van der Waals surface area contributed by atoms with E-state index in [-0.39, 0.29) is 12.4 Å². The van der Waals surface area contributed by atoms with Crippen LogP contribution < -0.4 is 0 Å². The largest absolute Gasteiger partial charge is 0.481 e. The molecule has 0 fully saturated rings. The van der Waals surface area contributed by atoms with E-state index < -0.39 is 5.97 Å². The third kappa shape index (κ3) is 3.54. The number of thioether (sulfide) groups is 1. The maximum atomic E-state index is 10.6. The topological polar surface area (TPSA) is 127 Å². The van der Waals surface area contributed by atoms with Gasteiger partial charge in [0.15, 0.2) is 16.8 Å². The number of carbonyl (C=O) groups is 1. The van der Waals surface area contributed by atoms with Gasteiger partial charge in [-0.15, -0.1) is 10.2 Å². The summed E-state index contributed by atoms with van der Waals surface area (Å²) in [5, 5.41) is 29.8. The molecule has 0 aliphatic heterocycles. The van der Waals surface area contributed by atoms with Gasteiger partial charge in [0.05, 0.1) is 5.75 Å². The lowest BCUT2D eigenvalue weighted by Gasteiger charge is -2.06. The van der Waals surface area contributed by atoms with Crippen LogP contribution in [0.2, 0.25) is 0 Å². The Bertz CT molecular complexity index is 596. The molecule has 0 atom stereocenters. The molecule has 0 amide bonds. The molecule has 2 rings (SSSR count).